The molecule has 0 aromatic carbocycles. The zero-order valence-electron chi connectivity index (χ0n) is 11.4. The Bertz CT molecular complexity index is 607. The van der Waals surface area contributed by atoms with Crippen molar-refractivity contribution in [3.8, 4) is 0 Å². The lowest BCUT2D eigenvalue weighted by Crippen LogP contribution is -2.20. The number of hydrogen-bond acceptors (Lipinski definition) is 4. The Morgan fingerprint density at radius 1 is 1.55 bits per heavy atom. The van der Waals surface area contributed by atoms with Crippen molar-refractivity contribution < 1.29 is 27.5 Å². The van der Waals surface area contributed by atoms with E-state index in [-0.39, 0.29) is 23.4 Å². The predicted octanol–water partition coefficient (Wildman–Crippen LogP) is 3.03. The molecule has 2 heterocycles. The Morgan fingerprint density at radius 3 is 2.73 bits per heavy atom. The van der Waals surface area contributed by atoms with Crippen molar-refractivity contribution in [2.75, 3.05) is 5.32 Å². The maximum Gasteiger partial charge on any atom is 0.417 e. The minimum Gasteiger partial charge on any atom is -0.462 e. The van der Waals surface area contributed by atoms with Crippen LogP contribution in [0.2, 0.25) is 5.02 Å². The minimum absolute atomic E-state index is 0.137. The van der Waals surface area contributed by atoms with Crippen LogP contribution in [-0.4, -0.2) is 23.0 Å². The quantitative estimate of drug-likeness (QED) is 0.861. The van der Waals surface area contributed by atoms with Crippen LogP contribution >= 0.6 is 11.6 Å². The van der Waals surface area contributed by atoms with E-state index in [0.29, 0.717) is 18.7 Å². The second kappa shape index (κ2) is 6.12. The predicted molar refractivity (Wildman–Crippen MR) is 71.2 cm³/mol. The fourth-order valence-electron chi connectivity index (χ4n) is 2.10. The second-order valence-electron chi connectivity index (χ2n) is 4.98. The van der Waals surface area contributed by atoms with Gasteiger partial charge in [-0.25, -0.2) is 4.98 Å². The first-order valence-corrected chi connectivity index (χ1v) is 6.77. The zero-order valence-corrected chi connectivity index (χ0v) is 12.2. The summed E-state index contributed by atoms with van der Waals surface area (Å²) in [5.41, 5.74) is -1.01. The Labute approximate surface area is 128 Å². The van der Waals surface area contributed by atoms with E-state index in [4.69, 9.17) is 16.3 Å². The first kappa shape index (κ1) is 16.5. The number of anilines is 1. The fraction of sp³-hybridized carbons (Fsp3) is 0.462. The van der Waals surface area contributed by atoms with Crippen molar-refractivity contribution in [2.45, 2.75) is 32.0 Å². The van der Waals surface area contributed by atoms with Crippen LogP contribution in [0.4, 0.5) is 19.0 Å². The molecule has 0 unspecified atom stereocenters. The zero-order chi connectivity index (χ0) is 16.5. The van der Waals surface area contributed by atoms with E-state index in [1.54, 1.807) is 6.92 Å². The highest BCUT2D eigenvalue weighted by molar-refractivity contribution is 6.33. The third-order valence-corrected chi connectivity index (χ3v) is 3.41. The lowest BCUT2D eigenvalue weighted by molar-refractivity contribution is -0.145. The monoisotopic (exact) mass is 336 g/mol. The summed E-state index contributed by atoms with van der Waals surface area (Å²) in [7, 11) is 0. The number of hydrogen-bond donors (Lipinski definition) is 1. The number of aromatic nitrogens is 1. The van der Waals surface area contributed by atoms with Crippen molar-refractivity contribution in [3.05, 3.63) is 22.8 Å². The highest BCUT2D eigenvalue weighted by Gasteiger charge is 2.34. The molecule has 1 aliphatic rings. The van der Waals surface area contributed by atoms with Gasteiger partial charge in [-0.2, -0.15) is 13.2 Å². The third-order valence-electron chi connectivity index (χ3n) is 3.13. The number of halogens is 4. The molecule has 0 radical (unpaired) electrons. The number of carbonyl (C=O) groups excluding carboxylic acids is 2. The molecule has 2 atom stereocenters. The number of nitrogens with zero attached hydrogens (tertiary/aromatic N) is 1. The van der Waals surface area contributed by atoms with Gasteiger partial charge >= 0.3 is 12.1 Å². The number of nitrogens with one attached hydrogen (secondary N) is 1. The maximum atomic E-state index is 12.5. The lowest BCUT2D eigenvalue weighted by Gasteiger charge is -2.11. The number of pyridine rings is 1. The van der Waals surface area contributed by atoms with Crippen LogP contribution in [0, 0.1) is 5.92 Å². The van der Waals surface area contributed by atoms with Crippen LogP contribution in [0.3, 0.4) is 0 Å². The fourth-order valence-corrected chi connectivity index (χ4v) is 2.31. The van der Waals surface area contributed by atoms with Gasteiger partial charge in [-0.15, -0.1) is 0 Å². The van der Waals surface area contributed by atoms with Crippen molar-refractivity contribution in [1.82, 2.24) is 4.98 Å². The number of ether oxygens (including phenoxy) is 1. The van der Waals surface area contributed by atoms with E-state index in [9.17, 15) is 22.8 Å². The molecule has 1 aromatic heterocycles. The summed E-state index contributed by atoms with van der Waals surface area (Å²) in [5.74, 6) is -1.78. The van der Waals surface area contributed by atoms with Gasteiger partial charge in [0.05, 0.1) is 22.6 Å². The highest BCUT2D eigenvalue weighted by Crippen LogP contribution is 2.32. The van der Waals surface area contributed by atoms with Crippen molar-refractivity contribution >= 4 is 29.3 Å². The molecule has 120 valence electrons. The van der Waals surface area contributed by atoms with Gasteiger partial charge in [0.15, 0.2) is 5.82 Å². The lowest BCUT2D eigenvalue weighted by atomic mass is 10.0. The van der Waals surface area contributed by atoms with Crippen molar-refractivity contribution in [3.63, 3.8) is 0 Å². The molecule has 9 heteroatoms. The second-order valence-corrected chi connectivity index (χ2v) is 5.39. The van der Waals surface area contributed by atoms with Crippen LogP contribution in [-0.2, 0) is 20.5 Å². The van der Waals surface area contributed by atoms with Gasteiger partial charge in [-0.3, -0.25) is 9.59 Å². The number of cyclic esters (lactones) is 1. The van der Waals surface area contributed by atoms with E-state index < -0.39 is 29.5 Å². The average Bonchev–Trinajstić information content (AvgIpc) is 2.69. The smallest absolute Gasteiger partial charge is 0.417 e. The van der Waals surface area contributed by atoms with Gasteiger partial charge in [0.2, 0.25) is 5.91 Å². The minimum atomic E-state index is -4.57. The largest absolute Gasteiger partial charge is 0.462 e. The van der Waals surface area contributed by atoms with Gasteiger partial charge < -0.3 is 10.1 Å². The Kier molecular flexibility index (Phi) is 4.60. The molecule has 1 fully saturated rings. The molecule has 0 aliphatic carbocycles. The summed E-state index contributed by atoms with van der Waals surface area (Å²) in [6.07, 6.45) is -3.96. The molecular weight excluding hydrogens is 325 g/mol. The molecule has 5 nitrogen and oxygen atoms in total. The van der Waals surface area contributed by atoms with E-state index >= 15 is 0 Å². The molecule has 1 aliphatic heterocycles. The Morgan fingerprint density at radius 2 is 2.23 bits per heavy atom. The number of amides is 1. The first-order chi connectivity index (χ1) is 10.2. The summed E-state index contributed by atoms with van der Waals surface area (Å²) in [6.45, 7) is 1.71. The highest BCUT2D eigenvalue weighted by atomic mass is 35.5. The van der Waals surface area contributed by atoms with E-state index in [1.807, 2.05) is 0 Å². The van der Waals surface area contributed by atoms with Gasteiger partial charge in [0.25, 0.3) is 0 Å². The molecule has 0 spiro atoms. The van der Waals surface area contributed by atoms with E-state index in [0.717, 1.165) is 0 Å². The number of esters is 1. The number of carbonyl (C=O) groups is 2. The average molecular weight is 337 g/mol. The normalized spacial score (nSPS) is 21.6. The molecule has 0 saturated carbocycles. The number of alkyl halides is 3. The van der Waals surface area contributed by atoms with Gasteiger partial charge in [-0.05, 0) is 19.4 Å². The van der Waals surface area contributed by atoms with Gasteiger partial charge in [-0.1, -0.05) is 11.6 Å². The summed E-state index contributed by atoms with van der Waals surface area (Å²) in [4.78, 5) is 26.7. The van der Waals surface area contributed by atoms with Crippen LogP contribution in [0.25, 0.3) is 0 Å². The molecule has 1 amide bonds. The standard InChI is InChI=1S/C13H12ClF3N2O3/c1-6-2-7(12(21)22-6)3-10(20)19-11-9(14)4-8(5-18-11)13(15,16)17/h4-7H,2-3H2,1H3,(H,18,19,20)/t6-,7+/m1/s1. The molecule has 22 heavy (non-hydrogen) atoms. The summed E-state index contributed by atoms with van der Waals surface area (Å²) in [5, 5.41) is 1.97. The van der Waals surface area contributed by atoms with E-state index in [2.05, 4.69) is 10.3 Å². The van der Waals surface area contributed by atoms with E-state index in [1.165, 1.54) is 0 Å². The van der Waals surface area contributed by atoms with Crippen molar-refractivity contribution in [2.24, 2.45) is 5.92 Å². The molecule has 1 aromatic rings. The SMILES string of the molecule is C[C@@H]1C[C@@H](CC(=O)Nc2ncc(C(F)(F)F)cc2Cl)C(=O)O1. The Balaban J connectivity index is 2.02. The molecular formula is C13H12ClF3N2O3. The molecule has 0 bridgehead atoms. The molecule has 1 saturated heterocycles. The van der Waals surface area contributed by atoms with Gasteiger partial charge in [0.1, 0.15) is 0 Å². The number of rotatable bonds is 3. The third kappa shape index (κ3) is 3.88. The Hall–Kier alpha value is -1.83. The topological polar surface area (TPSA) is 68.3 Å². The van der Waals surface area contributed by atoms with Crippen LogP contribution in [0.1, 0.15) is 25.3 Å². The van der Waals surface area contributed by atoms with Crippen LogP contribution < -0.4 is 5.32 Å². The van der Waals surface area contributed by atoms with Gasteiger partial charge in [0, 0.05) is 12.6 Å². The van der Waals surface area contributed by atoms with Crippen LogP contribution in [0.15, 0.2) is 12.3 Å². The summed E-state index contributed by atoms with van der Waals surface area (Å²) >= 11 is 5.68. The molecule has 2 rings (SSSR count). The summed E-state index contributed by atoms with van der Waals surface area (Å²) < 4.78 is 42.3. The molecule has 1 N–H and O–H groups in total. The summed E-state index contributed by atoms with van der Waals surface area (Å²) in [6, 6.07) is 0.677. The first-order valence-electron chi connectivity index (χ1n) is 6.40. The maximum absolute atomic E-state index is 12.5. The van der Waals surface area contributed by atoms with Crippen molar-refractivity contribution in [1.29, 1.82) is 0 Å². The van der Waals surface area contributed by atoms with Crippen LogP contribution in [0.5, 0.6) is 0 Å².